The van der Waals surface area contributed by atoms with Crippen molar-refractivity contribution in [3.63, 3.8) is 0 Å². The number of aryl methyl sites for hydroxylation is 1. The molecule has 0 radical (unpaired) electrons. The predicted molar refractivity (Wildman–Crippen MR) is 146 cm³/mol. The van der Waals surface area contributed by atoms with Gasteiger partial charge >= 0.3 is 0 Å². The summed E-state index contributed by atoms with van der Waals surface area (Å²) in [7, 11) is 1.77. The third kappa shape index (κ3) is 8.03. The second-order valence-electron chi connectivity index (χ2n) is 10.2. The number of amides is 2. The van der Waals surface area contributed by atoms with E-state index in [9.17, 15) is 9.59 Å². The number of hydrogen-bond donors (Lipinski definition) is 0. The van der Waals surface area contributed by atoms with E-state index in [1.165, 1.54) is 0 Å². The summed E-state index contributed by atoms with van der Waals surface area (Å²) in [6.45, 7) is 5.47. The van der Waals surface area contributed by atoms with Crippen LogP contribution >= 0.6 is 11.6 Å². The molecule has 1 atom stereocenters. The zero-order chi connectivity index (χ0) is 27.8. The van der Waals surface area contributed by atoms with E-state index in [2.05, 4.69) is 10.2 Å². The van der Waals surface area contributed by atoms with Gasteiger partial charge in [0.1, 0.15) is 18.0 Å². The number of aromatic nitrogens is 2. The molecule has 2 heterocycles. The summed E-state index contributed by atoms with van der Waals surface area (Å²) in [6.07, 6.45) is 0.633. The largest absolute Gasteiger partial charge is 0.490 e. The number of morpholine rings is 1. The van der Waals surface area contributed by atoms with Gasteiger partial charge in [0.05, 0.1) is 19.6 Å². The van der Waals surface area contributed by atoms with E-state index in [1.807, 2.05) is 44.2 Å². The van der Waals surface area contributed by atoms with Crippen LogP contribution in [0.5, 0.6) is 5.75 Å². The molecular weight excluding hydrogens is 520 g/mol. The molecule has 9 nitrogen and oxygen atoms in total. The minimum absolute atomic E-state index is 0.0646. The molecule has 0 N–H and O–H groups in total. The molecule has 1 aromatic heterocycles. The fraction of sp³-hybridized carbons (Fsp3) is 0.448. The highest BCUT2D eigenvalue weighted by atomic mass is 35.5. The summed E-state index contributed by atoms with van der Waals surface area (Å²) < 4.78 is 17.9. The van der Waals surface area contributed by atoms with Crippen LogP contribution in [-0.4, -0.2) is 70.8 Å². The van der Waals surface area contributed by atoms with Crippen LogP contribution in [0.4, 0.5) is 0 Å². The number of ether oxygens (including phenoxy) is 2. The number of nitrogens with zero attached hydrogens (tertiary/aromatic N) is 4. The molecule has 3 aromatic rings. The van der Waals surface area contributed by atoms with Gasteiger partial charge in [0.2, 0.25) is 23.6 Å². The van der Waals surface area contributed by atoms with Gasteiger partial charge in [-0.1, -0.05) is 55.8 Å². The van der Waals surface area contributed by atoms with Gasteiger partial charge in [-0.25, -0.2) is 0 Å². The van der Waals surface area contributed by atoms with Crippen molar-refractivity contribution in [2.24, 2.45) is 0 Å². The zero-order valence-corrected chi connectivity index (χ0v) is 23.4. The van der Waals surface area contributed by atoms with E-state index in [0.717, 1.165) is 5.56 Å². The summed E-state index contributed by atoms with van der Waals surface area (Å²) in [5, 5.41) is 8.69. The maximum absolute atomic E-state index is 13.4. The van der Waals surface area contributed by atoms with E-state index in [1.54, 1.807) is 41.1 Å². The lowest BCUT2D eigenvalue weighted by atomic mass is 9.96. The minimum atomic E-state index is -1.01. The highest BCUT2D eigenvalue weighted by Gasteiger charge is 2.42. The van der Waals surface area contributed by atoms with Crippen molar-refractivity contribution in [1.82, 2.24) is 20.0 Å². The Hall–Kier alpha value is -3.43. The van der Waals surface area contributed by atoms with E-state index in [0.29, 0.717) is 48.7 Å². The van der Waals surface area contributed by atoms with Gasteiger partial charge in [0.25, 0.3) is 0 Å². The summed E-state index contributed by atoms with van der Waals surface area (Å²) in [6, 6.07) is 16.8. The maximum atomic E-state index is 13.4. The van der Waals surface area contributed by atoms with Crippen LogP contribution in [0, 0.1) is 0 Å². The molecule has 0 spiro atoms. The highest BCUT2D eigenvalue weighted by Crippen LogP contribution is 2.27. The van der Waals surface area contributed by atoms with Gasteiger partial charge < -0.3 is 23.7 Å². The van der Waals surface area contributed by atoms with Crippen molar-refractivity contribution in [3.8, 4) is 5.75 Å². The van der Waals surface area contributed by atoms with Gasteiger partial charge in [-0.3, -0.25) is 9.59 Å². The quantitative estimate of drug-likeness (QED) is 0.344. The maximum Gasteiger partial charge on any atom is 0.225 e. The summed E-state index contributed by atoms with van der Waals surface area (Å²) >= 11 is 6.01. The van der Waals surface area contributed by atoms with Crippen LogP contribution in [0.2, 0.25) is 5.02 Å². The molecular formula is C29H35ClN4O5. The molecule has 0 bridgehead atoms. The Morgan fingerprint density at radius 1 is 1.13 bits per heavy atom. The Labute approximate surface area is 234 Å². The normalized spacial score (nSPS) is 17.3. The van der Waals surface area contributed by atoms with Gasteiger partial charge in [-0.15, -0.1) is 10.2 Å². The first kappa shape index (κ1) is 28.6. The smallest absolute Gasteiger partial charge is 0.225 e. The average molecular weight is 555 g/mol. The van der Waals surface area contributed by atoms with Crippen LogP contribution in [-0.2, 0) is 27.3 Å². The van der Waals surface area contributed by atoms with Crippen molar-refractivity contribution in [3.05, 3.63) is 77.0 Å². The monoisotopic (exact) mass is 554 g/mol. The van der Waals surface area contributed by atoms with Crippen LogP contribution in [0.3, 0.4) is 0 Å². The fourth-order valence-electron chi connectivity index (χ4n) is 4.38. The Bertz CT molecular complexity index is 1230. The molecule has 208 valence electrons. The third-order valence-electron chi connectivity index (χ3n) is 6.61. The molecule has 39 heavy (non-hydrogen) atoms. The lowest BCUT2D eigenvalue weighted by Gasteiger charge is -2.42. The molecule has 10 heteroatoms. The standard InChI is InChI=1S/C29H35ClN4O5/c1-21(2)28-32-31-25(39-28)13-14-26(35)34-15-16-38-29(19-34,20-37-24-11-9-23(30)10-12-24)17-27(36)33(3)18-22-7-5-4-6-8-22/h4-12,21H,13-20H2,1-3H3/t29-/m0/s1. The van der Waals surface area contributed by atoms with Crippen molar-refractivity contribution in [2.75, 3.05) is 33.4 Å². The topological polar surface area (TPSA) is 98.0 Å². The molecule has 0 unspecified atom stereocenters. The summed E-state index contributed by atoms with van der Waals surface area (Å²) in [5.74, 6) is 1.56. The number of carbonyl (C=O) groups excluding carboxylic acids is 2. The first-order valence-electron chi connectivity index (χ1n) is 13.1. The second kappa shape index (κ2) is 13.1. The number of carbonyl (C=O) groups is 2. The number of benzene rings is 2. The molecule has 4 rings (SSSR count). The van der Waals surface area contributed by atoms with E-state index in [-0.39, 0.29) is 43.7 Å². The predicted octanol–water partition coefficient (Wildman–Crippen LogP) is 4.50. The molecule has 1 saturated heterocycles. The molecule has 1 fully saturated rings. The van der Waals surface area contributed by atoms with Crippen LogP contribution in [0.15, 0.2) is 59.0 Å². The van der Waals surface area contributed by atoms with E-state index >= 15 is 0 Å². The fourth-order valence-corrected chi connectivity index (χ4v) is 4.50. The Morgan fingerprint density at radius 3 is 2.56 bits per heavy atom. The SMILES string of the molecule is CC(C)c1nnc(CCC(=O)N2CCO[C@@](COc3ccc(Cl)cc3)(CC(=O)N(C)Cc3ccccc3)C2)o1. The van der Waals surface area contributed by atoms with E-state index < -0.39 is 5.60 Å². The molecule has 1 aliphatic rings. The van der Waals surface area contributed by atoms with Crippen molar-refractivity contribution in [2.45, 2.75) is 51.2 Å². The van der Waals surface area contributed by atoms with Crippen LogP contribution in [0.1, 0.15) is 50.0 Å². The van der Waals surface area contributed by atoms with E-state index in [4.69, 9.17) is 25.5 Å². The average Bonchev–Trinajstić information content (AvgIpc) is 3.42. The Balaban J connectivity index is 1.44. The van der Waals surface area contributed by atoms with Gasteiger partial charge in [-0.05, 0) is 29.8 Å². The molecule has 0 saturated carbocycles. The second-order valence-corrected chi connectivity index (χ2v) is 10.6. The Kier molecular flexibility index (Phi) is 9.59. The van der Waals surface area contributed by atoms with Crippen molar-refractivity contribution in [1.29, 1.82) is 0 Å². The molecule has 1 aliphatic heterocycles. The van der Waals surface area contributed by atoms with Gasteiger partial charge in [-0.2, -0.15) is 0 Å². The third-order valence-corrected chi connectivity index (χ3v) is 6.86. The number of rotatable bonds is 11. The minimum Gasteiger partial charge on any atom is -0.490 e. The molecule has 0 aliphatic carbocycles. The van der Waals surface area contributed by atoms with Crippen LogP contribution < -0.4 is 4.74 Å². The lowest BCUT2D eigenvalue weighted by molar-refractivity contribution is -0.165. The Morgan fingerprint density at radius 2 is 1.87 bits per heavy atom. The van der Waals surface area contributed by atoms with Crippen molar-refractivity contribution >= 4 is 23.4 Å². The van der Waals surface area contributed by atoms with Gasteiger partial charge in [0.15, 0.2) is 0 Å². The lowest BCUT2D eigenvalue weighted by Crippen LogP contribution is -2.58. The van der Waals surface area contributed by atoms with Gasteiger partial charge in [0, 0.05) is 43.9 Å². The summed E-state index contributed by atoms with van der Waals surface area (Å²) in [4.78, 5) is 30.0. The zero-order valence-electron chi connectivity index (χ0n) is 22.6. The first-order chi connectivity index (χ1) is 18.7. The summed E-state index contributed by atoms with van der Waals surface area (Å²) in [5.41, 5.74) is 0.0213. The van der Waals surface area contributed by atoms with Crippen molar-refractivity contribution < 1.29 is 23.5 Å². The molecule has 2 aromatic carbocycles. The highest BCUT2D eigenvalue weighted by molar-refractivity contribution is 6.30. The first-order valence-corrected chi connectivity index (χ1v) is 13.5. The number of halogens is 1. The van der Waals surface area contributed by atoms with Crippen LogP contribution in [0.25, 0.3) is 0 Å². The molecule has 2 amide bonds. The number of hydrogen-bond acceptors (Lipinski definition) is 7.